The lowest BCUT2D eigenvalue weighted by Crippen LogP contribution is -2.35. The molecule has 4 heteroatoms. The van der Waals surface area contributed by atoms with Gasteiger partial charge < -0.3 is 9.47 Å². The van der Waals surface area contributed by atoms with Gasteiger partial charge in [0, 0.05) is 31.6 Å². The number of ether oxygens (including phenoxy) is 2. The van der Waals surface area contributed by atoms with Crippen LogP contribution in [-0.4, -0.2) is 37.0 Å². The fraction of sp³-hybridized carbons (Fsp3) is 0.423. The molecule has 1 aliphatic heterocycles. The number of Topliss-reactive ketones (excluding diaryl/α,β-unsaturated/α-hetero) is 1. The molecule has 0 bridgehead atoms. The summed E-state index contributed by atoms with van der Waals surface area (Å²) in [7, 11) is 0. The van der Waals surface area contributed by atoms with Crippen LogP contribution in [0.15, 0.2) is 54.1 Å². The van der Waals surface area contributed by atoms with Crippen molar-refractivity contribution in [2.75, 3.05) is 26.3 Å². The lowest BCUT2D eigenvalue weighted by Gasteiger charge is -2.28. The average molecular weight is 408 g/mol. The maximum absolute atomic E-state index is 12.5. The molecule has 1 saturated heterocycles. The number of nitrogens with zero attached hydrogens (tertiary/aromatic N) is 1. The zero-order valence-electron chi connectivity index (χ0n) is 18.2. The normalized spacial score (nSPS) is 16.1. The van der Waals surface area contributed by atoms with Gasteiger partial charge in [-0.3, -0.25) is 9.69 Å². The Morgan fingerprint density at radius 3 is 2.60 bits per heavy atom. The van der Waals surface area contributed by atoms with E-state index in [0.29, 0.717) is 26.2 Å². The number of hydrogen-bond acceptors (Lipinski definition) is 4. The Morgan fingerprint density at radius 2 is 1.83 bits per heavy atom. The Balaban J connectivity index is 1.71. The molecule has 1 heterocycles. The van der Waals surface area contributed by atoms with Crippen molar-refractivity contribution in [3.05, 3.63) is 65.2 Å². The number of hydrogen-bond donors (Lipinski definition) is 0. The highest BCUT2D eigenvalue weighted by Crippen LogP contribution is 2.30. The molecule has 0 unspecified atom stereocenters. The molecule has 0 amide bonds. The second kappa shape index (κ2) is 11.6. The predicted octanol–water partition coefficient (Wildman–Crippen LogP) is 5.51. The largest absolute Gasteiger partial charge is 0.490 e. The fourth-order valence-electron chi connectivity index (χ4n) is 3.67. The van der Waals surface area contributed by atoms with Crippen LogP contribution in [0.4, 0.5) is 0 Å². The van der Waals surface area contributed by atoms with Crippen LogP contribution >= 0.6 is 0 Å². The van der Waals surface area contributed by atoms with Gasteiger partial charge in [0.2, 0.25) is 0 Å². The predicted molar refractivity (Wildman–Crippen MR) is 122 cm³/mol. The van der Waals surface area contributed by atoms with Gasteiger partial charge in [-0.05, 0) is 42.7 Å². The van der Waals surface area contributed by atoms with Gasteiger partial charge >= 0.3 is 0 Å². The number of likely N-dealkylation sites (tertiary alicyclic amines) is 1. The summed E-state index contributed by atoms with van der Waals surface area (Å²) in [6, 6.07) is 16.4. The van der Waals surface area contributed by atoms with E-state index in [2.05, 4.69) is 36.1 Å². The van der Waals surface area contributed by atoms with Crippen LogP contribution in [0.3, 0.4) is 0 Å². The van der Waals surface area contributed by atoms with E-state index in [9.17, 15) is 4.79 Å². The van der Waals surface area contributed by atoms with E-state index in [1.807, 2.05) is 37.3 Å². The Kier molecular flexibility index (Phi) is 8.52. The third kappa shape index (κ3) is 6.46. The first kappa shape index (κ1) is 22.1. The number of ketones is 1. The number of carbonyl (C=O) groups is 1. The molecule has 0 spiro atoms. The SMILES string of the molecule is CCCCCOc1ccc(/C=C2\CN(Cc3ccccc3)CCC2=O)cc1OCC. The van der Waals surface area contributed by atoms with Gasteiger partial charge in [0.1, 0.15) is 0 Å². The van der Waals surface area contributed by atoms with Crippen LogP contribution < -0.4 is 9.47 Å². The van der Waals surface area contributed by atoms with Crippen LogP contribution in [0.5, 0.6) is 11.5 Å². The van der Waals surface area contributed by atoms with Crippen LogP contribution in [-0.2, 0) is 11.3 Å². The molecule has 2 aromatic carbocycles. The van der Waals surface area contributed by atoms with E-state index in [4.69, 9.17) is 9.47 Å². The van der Waals surface area contributed by atoms with Gasteiger partial charge in [-0.2, -0.15) is 0 Å². The molecule has 1 fully saturated rings. The van der Waals surface area contributed by atoms with E-state index in [0.717, 1.165) is 48.6 Å². The molecule has 3 rings (SSSR count). The summed E-state index contributed by atoms with van der Waals surface area (Å²) < 4.78 is 11.7. The van der Waals surface area contributed by atoms with Crippen LogP contribution in [0, 0.1) is 0 Å². The minimum atomic E-state index is 0.233. The van der Waals surface area contributed by atoms with Crippen molar-refractivity contribution >= 4 is 11.9 Å². The van der Waals surface area contributed by atoms with E-state index in [-0.39, 0.29) is 5.78 Å². The summed E-state index contributed by atoms with van der Waals surface area (Å²) in [5.74, 6) is 1.75. The van der Waals surface area contributed by atoms with Crippen molar-refractivity contribution in [3.8, 4) is 11.5 Å². The maximum Gasteiger partial charge on any atom is 0.161 e. The topological polar surface area (TPSA) is 38.8 Å². The van der Waals surface area contributed by atoms with Crippen molar-refractivity contribution < 1.29 is 14.3 Å². The molecule has 0 radical (unpaired) electrons. The molecule has 2 aromatic rings. The monoisotopic (exact) mass is 407 g/mol. The Morgan fingerprint density at radius 1 is 1.00 bits per heavy atom. The van der Waals surface area contributed by atoms with Crippen molar-refractivity contribution in [3.63, 3.8) is 0 Å². The van der Waals surface area contributed by atoms with E-state index in [1.54, 1.807) is 0 Å². The fourth-order valence-corrected chi connectivity index (χ4v) is 3.67. The summed E-state index contributed by atoms with van der Waals surface area (Å²) in [5, 5.41) is 0. The van der Waals surface area contributed by atoms with Gasteiger partial charge in [0.25, 0.3) is 0 Å². The van der Waals surface area contributed by atoms with Crippen molar-refractivity contribution in [2.45, 2.75) is 46.1 Å². The second-order valence-electron chi connectivity index (χ2n) is 7.73. The third-order valence-electron chi connectivity index (χ3n) is 5.27. The lowest BCUT2D eigenvalue weighted by molar-refractivity contribution is -0.117. The zero-order valence-corrected chi connectivity index (χ0v) is 18.2. The minimum Gasteiger partial charge on any atom is -0.490 e. The highest BCUT2D eigenvalue weighted by atomic mass is 16.5. The first-order chi connectivity index (χ1) is 14.7. The smallest absolute Gasteiger partial charge is 0.161 e. The highest BCUT2D eigenvalue weighted by Gasteiger charge is 2.21. The molecule has 160 valence electrons. The van der Waals surface area contributed by atoms with Crippen molar-refractivity contribution in [2.24, 2.45) is 0 Å². The Hall–Kier alpha value is -2.59. The Labute approximate surface area is 180 Å². The van der Waals surface area contributed by atoms with Gasteiger partial charge in [-0.15, -0.1) is 0 Å². The second-order valence-corrected chi connectivity index (χ2v) is 7.73. The quantitative estimate of drug-likeness (QED) is 0.384. The van der Waals surface area contributed by atoms with Crippen LogP contribution in [0.2, 0.25) is 0 Å². The maximum atomic E-state index is 12.5. The summed E-state index contributed by atoms with van der Waals surface area (Å²) in [6.07, 6.45) is 5.94. The van der Waals surface area contributed by atoms with Crippen LogP contribution in [0.1, 0.15) is 50.7 Å². The molecule has 0 N–H and O–H groups in total. The van der Waals surface area contributed by atoms with Crippen LogP contribution in [0.25, 0.3) is 6.08 Å². The summed E-state index contributed by atoms with van der Waals surface area (Å²) >= 11 is 0. The summed E-state index contributed by atoms with van der Waals surface area (Å²) in [4.78, 5) is 14.9. The number of unbranched alkanes of at least 4 members (excludes halogenated alkanes) is 2. The first-order valence-electron chi connectivity index (χ1n) is 11.1. The molecule has 0 aliphatic carbocycles. The molecule has 0 atom stereocenters. The van der Waals surface area contributed by atoms with Crippen molar-refractivity contribution in [1.29, 1.82) is 0 Å². The van der Waals surface area contributed by atoms with Gasteiger partial charge in [-0.1, -0.05) is 56.2 Å². The average Bonchev–Trinajstić information content (AvgIpc) is 2.76. The Bertz CT molecular complexity index is 845. The molecular weight excluding hydrogens is 374 g/mol. The first-order valence-corrected chi connectivity index (χ1v) is 11.1. The number of carbonyl (C=O) groups excluding carboxylic acids is 1. The van der Waals surface area contributed by atoms with Gasteiger partial charge in [0.15, 0.2) is 17.3 Å². The minimum absolute atomic E-state index is 0.233. The highest BCUT2D eigenvalue weighted by molar-refractivity contribution is 6.00. The number of benzene rings is 2. The molecule has 0 saturated carbocycles. The summed E-state index contributed by atoms with van der Waals surface area (Å²) in [6.45, 7) is 7.77. The van der Waals surface area contributed by atoms with Gasteiger partial charge in [-0.25, -0.2) is 0 Å². The zero-order chi connectivity index (χ0) is 21.2. The molecule has 30 heavy (non-hydrogen) atoms. The van der Waals surface area contributed by atoms with E-state index >= 15 is 0 Å². The molecule has 1 aliphatic rings. The van der Waals surface area contributed by atoms with Crippen molar-refractivity contribution in [1.82, 2.24) is 4.90 Å². The number of piperidine rings is 1. The standard InChI is InChI=1S/C26H33NO3/c1-3-5-9-16-30-25-13-12-22(18-26(25)29-4-2)17-23-20-27(15-14-24(23)28)19-21-10-7-6-8-11-21/h6-8,10-13,17-18H,3-5,9,14-16,19-20H2,1-2H3/b23-17+. The molecule has 0 aromatic heterocycles. The molecular formula is C26H33NO3. The third-order valence-corrected chi connectivity index (χ3v) is 5.27. The molecule has 4 nitrogen and oxygen atoms in total. The van der Waals surface area contributed by atoms with Gasteiger partial charge in [0.05, 0.1) is 13.2 Å². The lowest BCUT2D eigenvalue weighted by atomic mass is 9.99. The van der Waals surface area contributed by atoms with E-state index in [1.165, 1.54) is 12.0 Å². The number of rotatable bonds is 10. The van der Waals surface area contributed by atoms with E-state index < -0.39 is 0 Å². The summed E-state index contributed by atoms with van der Waals surface area (Å²) in [5.41, 5.74) is 3.11.